The number of terminal acetylenes is 1. The molecule has 2 amide bonds. The van der Waals surface area contributed by atoms with Gasteiger partial charge in [-0.3, -0.25) is 14.5 Å². The molecule has 0 N–H and O–H groups in total. The highest BCUT2D eigenvalue weighted by atomic mass is 19.4. The van der Waals surface area contributed by atoms with Crippen LogP contribution in [0.4, 0.5) is 13.2 Å². The summed E-state index contributed by atoms with van der Waals surface area (Å²) in [6.45, 7) is 3.29. The minimum absolute atomic E-state index is 0.0581. The molecule has 1 aromatic carbocycles. The zero-order valence-electron chi connectivity index (χ0n) is 16.1. The molecule has 0 aromatic heterocycles. The van der Waals surface area contributed by atoms with Crippen LogP contribution >= 0.6 is 0 Å². The number of carbonyl (C=O) groups excluding carboxylic acids is 2. The van der Waals surface area contributed by atoms with Gasteiger partial charge in [0.05, 0.1) is 17.7 Å². The van der Waals surface area contributed by atoms with Gasteiger partial charge in [-0.25, -0.2) is 0 Å². The number of carbonyl (C=O) groups is 2. The standard InChI is InChI=1S/C21H24F3N3O2/c1-2-9-25-10-7-16(8-11-25)19(28)26-12-14-27(15-13-26)20(29)17-5-3-4-6-18(17)21(22,23)24/h1,3-6,16H,7-15H2. The Labute approximate surface area is 168 Å². The molecule has 2 aliphatic heterocycles. The molecule has 2 aliphatic rings. The first kappa shape index (κ1) is 21.2. The third kappa shape index (κ3) is 4.91. The average Bonchev–Trinajstić information content (AvgIpc) is 2.73. The van der Waals surface area contributed by atoms with E-state index < -0.39 is 17.6 Å². The fourth-order valence-corrected chi connectivity index (χ4v) is 3.94. The fraction of sp³-hybridized carbons (Fsp3) is 0.524. The zero-order valence-corrected chi connectivity index (χ0v) is 16.1. The summed E-state index contributed by atoms with van der Waals surface area (Å²) < 4.78 is 39.6. The van der Waals surface area contributed by atoms with Gasteiger partial charge in [0.15, 0.2) is 0 Å². The Hall–Kier alpha value is -2.53. The lowest BCUT2D eigenvalue weighted by Crippen LogP contribution is -2.53. The monoisotopic (exact) mass is 407 g/mol. The molecular formula is C21H24F3N3O2. The minimum atomic E-state index is -4.58. The quantitative estimate of drug-likeness (QED) is 0.723. The molecule has 5 nitrogen and oxygen atoms in total. The van der Waals surface area contributed by atoms with E-state index in [4.69, 9.17) is 6.42 Å². The number of benzene rings is 1. The summed E-state index contributed by atoms with van der Waals surface area (Å²) in [7, 11) is 0. The van der Waals surface area contributed by atoms with Crippen molar-refractivity contribution in [1.82, 2.24) is 14.7 Å². The van der Waals surface area contributed by atoms with Crippen molar-refractivity contribution in [2.75, 3.05) is 45.8 Å². The van der Waals surface area contributed by atoms with Crippen LogP contribution in [-0.2, 0) is 11.0 Å². The van der Waals surface area contributed by atoms with Crippen LogP contribution in [0.15, 0.2) is 24.3 Å². The maximum absolute atomic E-state index is 13.2. The van der Waals surface area contributed by atoms with Gasteiger partial charge in [-0.05, 0) is 38.1 Å². The number of rotatable bonds is 3. The molecule has 2 saturated heterocycles. The Balaban J connectivity index is 1.57. The molecule has 2 fully saturated rings. The van der Waals surface area contributed by atoms with Gasteiger partial charge in [0.25, 0.3) is 5.91 Å². The highest BCUT2D eigenvalue weighted by Crippen LogP contribution is 2.32. The maximum atomic E-state index is 13.2. The maximum Gasteiger partial charge on any atom is 0.417 e. The molecule has 29 heavy (non-hydrogen) atoms. The van der Waals surface area contributed by atoms with Crippen molar-refractivity contribution in [2.24, 2.45) is 5.92 Å². The van der Waals surface area contributed by atoms with Crippen LogP contribution < -0.4 is 0 Å². The number of likely N-dealkylation sites (tertiary alicyclic amines) is 1. The van der Waals surface area contributed by atoms with Crippen LogP contribution in [0.1, 0.15) is 28.8 Å². The number of hydrogen-bond acceptors (Lipinski definition) is 3. The van der Waals surface area contributed by atoms with Gasteiger partial charge in [0.2, 0.25) is 5.91 Å². The smallest absolute Gasteiger partial charge is 0.339 e. The van der Waals surface area contributed by atoms with Crippen molar-refractivity contribution in [3.63, 3.8) is 0 Å². The topological polar surface area (TPSA) is 43.9 Å². The van der Waals surface area contributed by atoms with Gasteiger partial charge in [0, 0.05) is 32.1 Å². The molecule has 1 aromatic rings. The summed E-state index contributed by atoms with van der Waals surface area (Å²) in [6, 6.07) is 4.81. The molecule has 0 unspecified atom stereocenters. The number of piperazine rings is 1. The molecule has 0 atom stereocenters. The second-order valence-corrected chi connectivity index (χ2v) is 7.42. The SMILES string of the molecule is C#CCN1CCC(C(=O)N2CCN(C(=O)c3ccccc3C(F)(F)F)CC2)CC1. The Kier molecular flexibility index (Phi) is 6.48. The van der Waals surface area contributed by atoms with E-state index in [-0.39, 0.29) is 30.5 Å². The third-order valence-corrected chi connectivity index (χ3v) is 5.59. The van der Waals surface area contributed by atoms with Crippen LogP contribution in [0, 0.1) is 18.3 Å². The van der Waals surface area contributed by atoms with E-state index in [2.05, 4.69) is 10.8 Å². The summed E-state index contributed by atoms with van der Waals surface area (Å²) in [5.41, 5.74) is -1.28. The van der Waals surface area contributed by atoms with Crippen molar-refractivity contribution in [3.05, 3.63) is 35.4 Å². The summed E-state index contributed by atoms with van der Waals surface area (Å²) >= 11 is 0. The molecule has 156 valence electrons. The lowest BCUT2D eigenvalue weighted by Gasteiger charge is -2.38. The number of hydrogen-bond donors (Lipinski definition) is 0. The zero-order chi connectivity index (χ0) is 21.0. The average molecular weight is 407 g/mol. The van der Waals surface area contributed by atoms with Crippen LogP contribution in [0.2, 0.25) is 0 Å². The van der Waals surface area contributed by atoms with Crippen LogP contribution in [0.25, 0.3) is 0 Å². The summed E-state index contributed by atoms with van der Waals surface area (Å²) in [5.74, 6) is 1.97. The van der Waals surface area contributed by atoms with Gasteiger partial charge < -0.3 is 9.80 Å². The first-order chi connectivity index (χ1) is 13.8. The first-order valence-electron chi connectivity index (χ1n) is 9.71. The fourth-order valence-electron chi connectivity index (χ4n) is 3.94. The molecule has 8 heteroatoms. The molecule has 0 saturated carbocycles. The first-order valence-corrected chi connectivity index (χ1v) is 9.71. The van der Waals surface area contributed by atoms with Crippen molar-refractivity contribution >= 4 is 11.8 Å². The molecule has 0 aliphatic carbocycles. The number of alkyl halides is 3. The minimum Gasteiger partial charge on any atom is -0.339 e. The lowest BCUT2D eigenvalue weighted by molar-refractivity contribution is -0.138. The summed E-state index contributed by atoms with van der Waals surface area (Å²) in [4.78, 5) is 30.7. The molecular weight excluding hydrogens is 383 g/mol. The summed E-state index contributed by atoms with van der Waals surface area (Å²) in [6.07, 6.45) is 2.23. The number of nitrogens with zero attached hydrogens (tertiary/aromatic N) is 3. The van der Waals surface area contributed by atoms with Crippen molar-refractivity contribution < 1.29 is 22.8 Å². The Morgan fingerprint density at radius 2 is 1.59 bits per heavy atom. The number of halogens is 3. The predicted molar refractivity (Wildman–Crippen MR) is 102 cm³/mol. The predicted octanol–water partition coefficient (Wildman–Crippen LogP) is 2.34. The Bertz CT molecular complexity index is 787. The number of amides is 2. The Morgan fingerprint density at radius 3 is 2.17 bits per heavy atom. The molecule has 2 heterocycles. The van der Waals surface area contributed by atoms with Crippen LogP contribution in [0.5, 0.6) is 0 Å². The van der Waals surface area contributed by atoms with Gasteiger partial charge in [-0.15, -0.1) is 6.42 Å². The Morgan fingerprint density at radius 1 is 1.00 bits per heavy atom. The second kappa shape index (κ2) is 8.87. The molecule has 0 radical (unpaired) electrons. The largest absolute Gasteiger partial charge is 0.417 e. The van der Waals surface area contributed by atoms with Gasteiger partial charge in [-0.1, -0.05) is 18.1 Å². The molecule has 0 bridgehead atoms. The van der Waals surface area contributed by atoms with Crippen molar-refractivity contribution in [2.45, 2.75) is 19.0 Å². The van der Waals surface area contributed by atoms with E-state index in [1.807, 2.05) is 0 Å². The van der Waals surface area contributed by atoms with Crippen molar-refractivity contribution in [1.29, 1.82) is 0 Å². The van der Waals surface area contributed by atoms with Crippen LogP contribution in [-0.4, -0.2) is 72.3 Å². The second-order valence-electron chi connectivity index (χ2n) is 7.42. The van der Waals surface area contributed by atoms with E-state index in [0.717, 1.165) is 32.0 Å². The normalized spacial score (nSPS) is 19.1. The summed E-state index contributed by atoms with van der Waals surface area (Å²) in [5, 5.41) is 0. The molecule has 0 spiro atoms. The molecule has 3 rings (SSSR count). The highest BCUT2D eigenvalue weighted by Gasteiger charge is 2.37. The van der Waals surface area contributed by atoms with Gasteiger partial charge in [0.1, 0.15) is 0 Å². The van der Waals surface area contributed by atoms with E-state index in [1.165, 1.54) is 23.1 Å². The van der Waals surface area contributed by atoms with Gasteiger partial charge in [-0.2, -0.15) is 13.2 Å². The highest BCUT2D eigenvalue weighted by molar-refractivity contribution is 5.96. The van der Waals surface area contributed by atoms with E-state index >= 15 is 0 Å². The van der Waals surface area contributed by atoms with Crippen molar-refractivity contribution in [3.8, 4) is 12.3 Å². The van der Waals surface area contributed by atoms with E-state index in [0.29, 0.717) is 19.6 Å². The van der Waals surface area contributed by atoms with E-state index in [1.54, 1.807) is 4.90 Å². The van der Waals surface area contributed by atoms with E-state index in [9.17, 15) is 22.8 Å². The van der Waals surface area contributed by atoms with Crippen LogP contribution in [0.3, 0.4) is 0 Å². The number of piperidine rings is 1. The third-order valence-electron chi connectivity index (χ3n) is 5.59. The lowest BCUT2D eigenvalue weighted by atomic mass is 9.95. The van der Waals surface area contributed by atoms with Gasteiger partial charge >= 0.3 is 6.18 Å².